The Hall–Kier alpha value is -4.69. The van der Waals surface area contributed by atoms with Crippen LogP contribution in [0.15, 0.2) is 54.7 Å². The quantitative estimate of drug-likeness (QED) is 0.260. The maximum Gasteiger partial charge on any atom is 0.449 e. The van der Waals surface area contributed by atoms with Crippen molar-refractivity contribution >= 4 is 27.8 Å². The number of rotatable bonds is 7. The Balaban J connectivity index is 1.24. The summed E-state index contributed by atoms with van der Waals surface area (Å²) in [5, 5.41) is 0.922. The number of fused-ring (bicyclic) bond motifs is 2. The Kier molecular flexibility index (Phi) is 8.22. The highest BCUT2D eigenvalue weighted by Gasteiger charge is 2.41. The number of aromatic amines is 1. The van der Waals surface area contributed by atoms with Gasteiger partial charge in [-0.2, -0.15) is 13.2 Å². The molecule has 5 heterocycles. The van der Waals surface area contributed by atoms with Gasteiger partial charge in [-0.15, -0.1) is 0 Å². The van der Waals surface area contributed by atoms with Gasteiger partial charge in [0.1, 0.15) is 18.1 Å². The van der Waals surface area contributed by atoms with Crippen molar-refractivity contribution in [3.05, 3.63) is 66.4 Å². The lowest BCUT2D eigenvalue weighted by molar-refractivity contribution is -0.148. The van der Waals surface area contributed by atoms with E-state index in [0.717, 1.165) is 28.6 Å². The van der Waals surface area contributed by atoms with E-state index in [-0.39, 0.29) is 17.1 Å². The van der Waals surface area contributed by atoms with E-state index in [1.165, 1.54) is 19.2 Å². The number of nitrogens with one attached hydrogen (secondary N) is 1. The molecule has 47 heavy (non-hydrogen) atoms. The lowest BCUT2D eigenvalue weighted by atomic mass is 9.94. The number of hydrogen-bond acceptors (Lipinski definition) is 8. The van der Waals surface area contributed by atoms with E-state index in [0.29, 0.717) is 61.3 Å². The Bertz CT molecular complexity index is 1920. The van der Waals surface area contributed by atoms with Crippen molar-refractivity contribution in [3.8, 4) is 22.9 Å². The number of para-hydroxylation sites is 1. The predicted octanol–water partition coefficient (Wildman–Crippen LogP) is 5.08. The SMILES string of the molecule is COc1ccc2nc(C(F)(F)F)n(CC(=O)N3CC[C@H](N4CCOCC4)C[C@H]3c3ncc(-c4cc5ccccc5nc4OC)[nH]3)c2c1. The summed E-state index contributed by atoms with van der Waals surface area (Å²) in [5.41, 5.74) is 2.44. The number of nitrogens with zero attached hydrogens (tertiary/aromatic N) is 6. The van der Waals surface area contributed by atoms with Crippen LogP contribution in [0.4, 0.5) is 13.2 Å². The molecule has 3 aromatic heterocycles. The summed E-state index contributed by atoms with van der Waals surface area (Å²) in [4.78, 5) is 34.7. The van der Waals surface area contributed by atoms with E-state index in [9.17, 15) is 18.0 Å². The van der Waals surface area contributed by atoms with Crippen LogP contribution in [0, 0.1) is 0 Å². The van der Waals surface area contributed by atoms with Crippen molar-refractivity contribution in [3.63, 3.8) is 0 Å². The van der Waals surface area contributed by atoms with Crippen molar-refractivity contribution in [1.82, 2.24) is 34.3 Å². The van der Waals surface area contributed by atoms with Crippen LogP contribution in [0.2, 0.25) is 0 Å². The molecule has 0 saturated carbocycles. The summed E-state index contributed by atoms with van der Waals surface area (Å²) in [6.45, 7) is 2.59. The molecule has 7 rings (SSSR count). The molecule has 0 spiro atoms. The van der Waals surface area contributed by atoms with Crippen LogP contribution in [0.3, 0.4) is 0 Å². The first-order valence-corrected chi connectivity index (χ1v) is 15.4. The largest absolute Gasteiger partial charge is 0.497 e. The highest BCUT2D eigenvalue weighted by Crippen LogP contribution is 2.37. The van der Waals surface area contributed by atoms with Crippen LogP contribution in [-0.2, 0) is 22.3 Å². The number of hydrogen-bond donors (Lipinski definition) is 1. The number of likely N-dealkylation sites (tertiary alicyclic amines) is 1. The Morgan fingerprint density at radius 2 is 1.83 bits per heavy atom. The molecule has 11 nitrogen and oxygen atoms in total. The normalized spacial score (nSPS) is 19.4. The number of piperidine rings is 1. The molecule has 2 saturated heterocycles. The third-order valence-corrected chi connectivity index (χ3v) is 9.04. The van der Waals surface area contributed by atoms with Gasteiger partial charge >= 0.3 is 6.18 Å². The van der Waals surface area contributed by atoms with Gasteiger partial charge in [-0.05, 0) is 37.1 Å². The molecular formula is C33H34F3N7O4. The fraction of sp³-hybridized carbons (Fsp3) is 0.394. The van der Waals surface area contributed by atoms with Crippen LogP contribution in [0.25, 0.3) is 33.2 Å². The van der Waals surface area contributed by atoms with Crippen LogP contribution in [0.5, 0.6) is 11.6 Å². The van der Waals surface area contributed by atoms with E-state index in [2.05, 4.69) is 19.9 Å². The number of H-pyrrole nitrogens is 1. The second-order valence-electron chi connectivity index (χ2n) is 11.7. The van der Waals surface area contributed by atoms with E-state index in [1.807, 2.05) is 30.3 Å². The first-order chi connectivity index (χ1) is 22.7. The molecule has 0 radical (unpaired) electrons. The first-order valence-electron chi connectivity index (χ1n) is 15.4. The van der Waals surface area contributed by atoms with Gasteiger partial charge in [0.2, 0.25) is 17.6 Å². The summed E-state index contributed by atoms with van der Waals surface area (Å²) >= 11 is 0. The van der Waals surface area contributed by atoms with Gasteiger partial charge in [0.05, 0.1) is 67.5 Å². The molecule has 2 aliphatic heterocycles. The molecule has 0 unspecified atom stereocenters. The molecule has 2 atom stereocenters. The lowest BCUT2D eigenvalue weighted by Gasteiger charge is -2.44. The van der Waals surface area contributed by atoms with E-state index < -0.39 is 30.5 Å². The summed E-state index contributed by atoms with van der Waals surface area (Å²) in [6, 6.07) is 13.8. The number of imidazole rings is 2. The summed E-state index contributed by atoms with van der Waals surface area (Å²) in [7, 11) is 2.99. The molecule has 0 bridgehead atoms. The molecule has 14 heteroatoms. The minimum atomic E-state index is -4.77. The third-order valence-electron chi connectivity index (χ3n) is 9.04. The van der Waals surface area contributed by atoms with Gasteiger partial charge in [0.25, 0.3) is 0 Å². The minimum Gasteiger partial charge on any atom is -0.497 e. The number of carbonyl (C=O) groups is 1. The highest BCUT2D eigenvalue weighted by atomic mass is 19.4. The number of benzene rings is 2. The average molecular weight is 650 g/mol. The molecule has 1 N–H and O–H groups in total. The number of amides is 1. The molecule has 2 aliphatic rings. The Morgan fingerprint density at radius 3 is 2.60 bits per heavy atom. The molecule has 2 fully saturated rings. The molecule has 246 valence electrons. The van der Waals surface area contributed by atoms with Crippen LogP contribution in [0.1, 0.15) is 30.5 Å². The zero-order valence-electron chi connectivity index (χ0n) is 26.0. The monoisotopic (exact) mass is 649 g/mol. The number of morpholine rings is 1. The lowest BCUT2D eigenvalue weighted by Crippen LogP contribution is -2.51. The van der Waals surface area contributed by atoms with Crippen LogP contribution in [-0.4, -0.2) is 93.3 Å². The average Bonchev–Trinajstić information content (AvgIpc) is 3.73. The van der Waals surface area contributed by atoms with Crippen molar-refractivity contribution in [2.24, 2.45) is 0 Å². The summed E-state index contributed by atoms with van der Waals surface area (Å²) in [5.74, 6) is -0.278. The summed E-state index contributed by atoms with van der Waals surface area (Å²) in [6.07, 6.45) is -1.86. The second kappa shape index (κ2) is 12.5. The molecular weight excluding hydrogens is 615 g/mol. The molecule has 1 amide bonds. The number of methoxy groups -OCH3 is 2. The zero-order valence-corrected chi connectivity index (χ0v) is 26.0. The van der Waals surface area contributed by atoms with Gasteiger partial charge in [-0.3, -0.25) is 9.69 Å². The van der Waals surface area contributed by atoms with Gasteiger partial charge in [0.15, 0.2) is 0 Å². The summed E-state index contributed by atoms with van der Waals surface area (Å²) < 4.78 is 60.0. The van der Waals surface area contributed by atoms with Gasteiger partial charge in [-0.25, -0.2) is 15.0 Å². The number of aromatic nitrogens is 5. The predicted molar refractivity (Wildman–Crippen MR) is 167 cm³/mol. The van der Waals surface area contributed by atoms with Crippen molar-refractivity contribution < 1.29 is 32.2 Å². The van der Waals surface area contributed by atoms with E-state index >= 15 is 0 Å². The number of ether oxygens (including phenoxy) is 3. The topological polar surface area (TPSA) is 111 Å². The number of carbonyl (C=O) groups excluding carboxylic acids is 1. The number of alkyl halides is 3. The van der Waals surface area contributed by atoms with E-state index in [4.69, 9.17) is 19.2 Å². The van der Waals surface area contributed by atoms with Crippen molar-refractivity contribution in [2.75, 3.05) is 47.1 Å². The fourth-order valence-electron chi connectivity index (χ4n) is 6.70. The second-order valence-corrected chi connectivity index (χ2v) is 11.7. The maximum atomic E-state index is 14.2. The Morgan fingerprint density at radius 1 is 1.02 bits per heavy atom. The molecule has 2 aromatic carbocycles. The van der Waals surface area contributed by atoms with E-state index in [1.54, 1.807) is 24.3 Å². The number of halogens is 3. The number of pyridine rings is 1. The van der Waals surface area contributed by atoms with Crippen molar-refractivity contribution in [1.29, 1.82) is 0 Å². The van der Waals surface area contributed by atoms with Gasteiger partial charge in [0, 0.05) is 37.1 Å². The van der Waals surface area contributed by atoms with Crippen molar-refractivity contribution in [2.45, 2.75) is 37.6 Å². The minimum absolute atomic E-state index is 0.127. The molecule has 0 aliphatic carbocycles. The van der Waals surface area contributed by atoms with Crippen LogP contribution >= 0.6 is 0 Å². The standard InChI is InChI=1S/C33H34F3N7O4/c1-45-22-7-8-25-27(17-22)43(32(40-25)33(34,35)36)19-29(44)42-10-9-21(41-11-13-47-14-12-41)16-28(42)30-37-18-26(38-30)23-15-20-5-3-4-6-24(20)39-31(23)46-2/h3-8,15,17-18,21,28H,9-14,16,19H2,1-2H3,(H,37,38)/t21-,28-/m0/s1. The molecule has 5 aromatic rings. The van der Waals surface area contributed by atoms with Gasteiger partial charge in [-0.1, -0.05) is 18.2 Å². The Labute approximate surface area is 268 Å². The smallest absolute Gasteiger partial charge is 0.449 e. The third kappa shape index (κ3) is 5.98. The zero-order chi connectivity index (χ0) is 32.7. The van der Waals surface area contributed by atoms with Crippen LogP contribution < -0.4 is 9.47 Å². The highest BCUT2D eigenvalue weighted by molar-refractivity contribution is 5.85. The fourth-order valence-corrected chi connectivity index (χ4v) is 6.70. The van der Waals surface area contributed by atoms with Gasteiger partial charge < -0.3 is 28.7 Å². The maximum absolute atomic E-state index is 14.2. The first kappa shape index (κ1) is 30.9.